The maximum Gasteiger partial charge on any atom is 0.294 e. The zero-order valence-electron chi connectivity index (χ0n) is 7.86. The highest BCUT2D eigenvalue weighted by Crippen LogP contribution is 2.12. The minimum Gasteiger partial charge on any atom is -0.446 e. The Labute approximate surface area is 77.9 Å². The highest BCUT2D eigenvalue weighted by atomic mass is 16.5. The first-order valence-electron chi connectivity index (χ1n) is 4.07. The summed E-state index contributed by atoms with van der Waals surface area (Å²) in [5.74, 6) is 0. The largest absolute Gasteiger partial charge is 0.446 e. The van der Waals surface area contributed by atoms with Gasteiger partial charge in [0.25, 0.3) is 6.47 Å². The van der Waals surface area contributed by atoms with Gasteiger partial charge >= 0.3 is 0 Å². The number of anilines is 1. The van der Waals surface area contributed by atoms with Gasteiger partial charge in [-0.3, -0.25) is 4.79 Å². The first kappa shape index (κ1) is 9.58. The number of nitrogens with zero attached hydrogens (tertiary/aromatic N) is 1. The van der Waals surface area contributed by atoms with Crippen LogP contribution in [0, 0.1) is 6.92 Å². The third kappa shape index (κ3) is 2.78. The molecule has 1 rings (SSSR count). The molecule has 70 valence electrons. The number of carbonyl (C=O) groups excluding carboxylic acids is 1. The average Bonchev–Trinajstić information content (AvgIpc) is 2.15. The predicted molar refractivity (Wildman–Crippen MR) is 51.6 cm³/mol. The number of benzene rings is 1. The third-order valence-electron chi connectivity index (χ3n) is 1.81. The molecule has 0 fully saturated rings. The van der Waals surface area contributed by atoms with Crippen molar-refractivity contribution in [1.29, 1.82) is 0 Å². The van der Waals surface area contributed by atoms with Gasteiger partial charge in [-0.15, -0.1) is 0 Å². The second-order valence-electron chi connectivity index (χ2n) is 2.93. The Balaban J connectivity index is 2.60. The number of hydrogen-bond acceptors (Lipinski definition) is 3. The Morgan fingerprint density at radius 2 is 2.00 bits per heavy atom. The molecule has 0 N–H and O–H groups in total. The van der Waals surface area contributed by atoms with Crippen LogP contribution < -0.4 is 4.90 Å². The summed E-state index contributed by atoms with van der Waals surface area (Å²) in [4.78, 5) is 11.8. The molecule has 0 saturated carbocycles. The van der Waals surface area contributed by atoms with E-state index in [9.17, 15) is 4.79 Å². The highest BCUT2D eigenvalue weighted by Gasteiger charge is 1.98. The molecular formula is C10H13NO2. The van der Waals surface area contributed by atoms with Gasteiger partial charge in [0, 0.05) is 12.7 Å². The van der Waals surface area contributed by atoms with Crippen LogP contribution in [0.2, 0.25) is 0 Å². The summed E-state index contributed by atoms with van der Waals surface area (Å²) in [6.07, 6.45) is 0. The van der Waals surface area contributed by atoms with Crippen LogP contribution in [0.5, 0.6) is 0 Å². The Morgan fingerprint density at radius 1 is 1.38 bits per heavy atom. The monoisotopic (exact) mass is 179 g/mol. The van der Waals surface area contributed by atoms with E-state index in [4.69, 9.17) is 0 Å². The van der Waals surface area contributed by atoms with E-state index in [1.807, 2.05) is 43.1 Å². The van der Waals surface area contributed by atoms with Crippen molar-refractivity contribution in [2.24, 2.45) is 0 Å². The van der Waals surface area contributed by atoms with Crippen LogP contribution in [-0.4, -0.2) is 20.3 Å². The molecule has 3 heteroatoms. The molecule has 0 amide bonds. The maximum atomic E-state index is 9.95. The second-order valence-corrected chi connectivity index (χ2v) is 2.93. The van der Waals surface area contributed by atoms with Crippen LogP contribution in [0.15, 0.2) is 24.3 Å². The molecule has 0 unspecified atom stereocenters. The van der Waals surface area contributed by atoms with E-state index in [-0.39, 0.29) is 6.73 Å². The second kappa shape index (κ2) is 4.50. The molecule has 1 aromatic carbocycles. The van der Waals surface area contributed by atoms with E-state index in [0.29, 0.717) is 6.47 Å². The molecule has 0 bridgehead atoms. The van der Waals surface area contributed by atoms with Crippen LogP contribution in [0.1, 0.15) is 5.56 Å². The molecule has 0 aromatic heterocycles. The van der Waals surface area contributed by atoms with Crippen molar-refractivity contribution in [2.45, 2.75) is 6.92 Å². The van der Waals surface area contributed by atoms with Crippen LogP contribution in [0.4, 0.5) is 5.69 Å². The fraction of sp³-hybridized carbons (Fsp3) is 0.300. The molecule has 0 radical (unpaired) electrons. The molecule has 13 heavy (non-hydrogen) atoms. The number of aryl methyl sites for hydroxylation is 1. The quantitative estimate of drug-likeness (QED) is 0.519. The SMILES string of the molecule is Cc1ccc(N(C)COC=O)cc1. The van der Waals surface area contributed by atoms with Crippen LogP contribution >= 0.6 is 0 Å². The fourth-order valence-electron chi connectivity index (χ4n) is 1.02. The summed E-state index contributed by atoms with van der Waals surface area (Å²) in [7, 11) is 1.87. The van der Waals surface area contributed by atoms with Crippen molar-refractivity contribution in [1.82, 2.24) is 0 Å². The Morgan fingerprint density at radius 3 is 2.54 bits per heavy atom. The smallest absolute Gasteiger partial charge is 0.294 e. The Kier molecular flexibility index (Phi) is 3.31. The zero-order chi connectivity index (χ0) is 9.68. The third-order valence-corrected chi connectivity index (χ3v) is 1.81. The molecule has 3 nitrogen and oxygen atoms in total. The highest BCUT2D eigenvalue weighted by molar-refractivity contribution is 5.47. The first-order chi connectivity index (χ1) is 6.24. The fourth-order valence-corrected chi connectivity index (χ4v) is 1.02. The van der Waals surface area contributed by atoms with E-state index in [1.165, 1.54) is 5.56 Å². The molecule has 0 heterocycles. The van der Waals surface area contributed by atoms with Gasteiger partial charge in [-0.05, 0) is 19.1 Å². The van der Waals surface area contributed by atoms with Crippen LogP contribution in [0.3, 0.4) is 0 Å². The van der Waals surface area contributed by atoms with Crippen molar-refractivity contribution in [3.63, 3.8) is 0 Å². The summed E-state index contributed by atoms with van der Waals surface area (Å²) < 4.78 is 4.63. The van der Waals surface area contributed by atoms with Gasteiger partial charge in [0.1, 0.15) is 0 Å². The molecule has 1 aromatic rings. The molecule has 0 aliphatic rings. The standard InChI is InChI=1S/C10H13NO2/c1-9-3-5-10(6-4-9)11(2)7-13-8-12/h3-6,8H,7H2,1-2H3. The van der Waals surface area contributed by atoms with Gasteiger partial charge in [-0.25, -0.2) is 0 Å². The van der Waals surface area contributed by atoms with Gasteiger partial charge in [0.05, 0.1) is 0 Å². The van der Waals surface area contributed by atoms with Crippen molar-refractivity contribution in [3.8, 4) is 0 Å². The Bertz CT molecular complexity index is 269. The van der Waals surface area contributed by atoms with Gasteiger partial charge in [0.2, 0.25) is 0 Å². The van der Waals surface area contributed by atoms with E-state index in [2.05, 4.69) is 4.74 Å². The van der Waals surface area contributed by atoms with Crippen molar-refractivity contribution in [2.75, 3.05) is 18.7 Å². The van der Waals surface area contributed by atoms with E-state index in [1.54, 1.807) is 0 Å². The molecule has 0 spiro atoms. The van der Waals surface area contributed by atoms with Gasteiger partial charge < -0.3 is 9.64 Å². The lowest BCUT2D eigenvalue weighted by atomic mass is 10.2. The average molecular weight is 179 g/mol. The van der Waals surface area contributed by atoms with E-state index in [0.717, 1.165) is 5.69 Å². The minimum absolute atomic E-state index is 0.284. The van der Waals surface area contributed by atoms with Gasteiger partial charge in [0.15, 0.2) is 6.73 Å². The molecule has 0 atom stereocenters. The first-order valence-corrected chi connectivity index (χ1v) is 4.07. The summed E-state index contributed by atoms with van der Waals surface area (Å²) >= 11 is 0. The summed E-state index contributed by atoms with van der Waals surface area (Å²) in [6, 6.07) is 8.02. The lowest BCUT2D eigenvalue weighted by Crippen LogP contribution is -2.20. The normalized spacial score (nSPS) is 9.38. The minimum atomic E-state index is 0.284. The molecular weight excluding hydrogens is 166 g/mol. The number of ether oxygens (including phenoxy) is 1. The van der Waals surface area contributed by atoms with Gasteiger partial charge in [-0.1, -0.05) is 17.7 Å². The number of hydrogen-bond donors (Lipinski definition) is 0. The summed E-state index contributed by atoms with van der Waals surface area (Å²) in [5, 5.41) is 0. The number of rotatable bonds is 4. The van der Waals surface area contributed by atoms with E-state index >= 15 is 0 Å². The van der Waals surface area contributed by atoms with Crippen molar-refractivity contribution in [3.05, 3.63) is 29.8 Å². The lowest BCUT2D eigenvalue weighted by molar-refractivity contribution is -0.128. The maximum absolute atomic E-state index is 9.95. The van der Waals surface area contributed by atoms with Crippen molar-refractivity contribution >= 4 is 12.2 Å². The zero-order valence-corrected chi connectivity index (χ0v) is 7.86. The van der Waals surface area contributed by atoms with Crippen LogP contribution in [-0.2, 0) is 9.53 Å². The molecule has 0 saturated heterocycles. The molecule has 0 aliphatic carbocycles. The summed E-state index contributed by atoms with van der Waals surface area (Å²) in [6.45, 7) is 2.77. The summed E-state index contributed by atoms with van der Waals surface area (Å²) in [5.41, 5.74) is 2.25. The Hall–Kier alpha value is -1.51. The lowest BCUT2D eigenvalue weighted by Gasteiger charge is -2.17. The van der Waals surface area contributed by atoms with E-state index < -0.39 is 0 Å². The van der Waals surface area contributed by atoms with Crippen LogP contribution in [0.25, 0.3) is 0 Å². The predicted octanol–water partition coefficient (Wildman–Crippen LogP) is 1.56. The topological polar surface area (TPSA) is 29.5 Å². The number of carbonyl (C=O) groups is 1. The molecule has 0 aliphatic heterocycles. The van der Waals surface area contributed by atoms with Crippen molar-refractivity contribution < 1.29 is 9.53 Å². The van der Waals surface area contributed by atoms with Gasteiger partial charge in [-0.2, -0.15) is 0 Å².